The molecule has 5 nitrogen and oxygen atoms in total. The molecule has 0 aromatic carbocycles. The summed E-state index contributed by atoms with van der Waals surface area (Å²) >= 11 is 0. The van der Waals surface area contributed by atoms with Crippen molar-refractivity contribution in [2.45, 2.75) is 6.92 Å². The molecule has 0 saturated heterocycles. The number of aromatic nitrogens is 1. The highest BCUT2D eigenvalue weighted by molar-refractivity contribution is 5.89. The van der Waals surface area contributed by atoms with E-state index in [1.807, 2.05) is 0 Å². The van der Waals surface area contributed by atoms with Gasteiger partial charge in [0, 0.05) is 5.56 Å². The van der Waals surface area contributed by atoms with Crippen molar-refractivity contribution < 1.29 is 19.2 Å². The molecule has 0 aliphatic carbocycles. The quantitative estimate of drug-likeness (QED) is 0.628. The van der Waals surface area contributed by atoms with Crippen LogP contribution in [0.1, 0.15) is 26.6 Å². The number of carboxylic acids is 1. The van der Waals surface area contributed by atoms with E-state index >= 15 is 0 Å². The molecule has 1 rings (SSSR count). The molecule has 58 valence electrons. The van der Waals surface area contributed by atoms with Crippen LogP contribution < -0.4 is 0 Å². The molecule has 0 fully saturated rings. The SMILES string of the molecule is Cc1c(C=O)noc1C(=O)O. The second-order valence-corrected chi connectivity index (χ2v) is 1.94. The second-order valence-electron chi connectivity index (χ2n) is 1.94. The molecular weight excluding hydrogens is 150 g/mol. The van der Waals surface area contributed by atoms with E-state index in [2.05, 4.69) is 9.68 Å². The summed E-state index contributed by atoms with van der Waals surface area (Å²) in [6.45, 7) is 1.46. The molecule has 0 atom stereocenters. The van der Waals surface area contributed by atoms with Gasteiger partial charge in [0.15, 0.2) is 6.29 Å². The van der Waals surface area contributed by atoms with Gasteiger partial charge in [-0.3, -0.25) is 4.79 Å². The Kier molecular flexibility index (Phi) is 1.72. The van der Waals surface area contributed by atoms with Crippen LogP contribution in [-0.4, -0.2) is 22.5 Å². The first-order chi connectivity index (χ1) is 5.16. The van der Waals surface area contributed by atoms with Crippen LogP contribution in [0.5, 0.6) is 0 Å². The molecule has 1 heterocycles. The molecule has 1 N–H and O–H groups in total. The van der Waals surface area contributed by atoms with Gasteiger partial charge in [0.25, 0.3) is 0 Å². The molecule has 11 heavy (non-hydrogen) atoms. The van der Waals surface area contributed by atoms with Gasteiger partial charge in [-0.25, -0.2) is 4.79 Å². The topological polar surface area (TPSA) is 80.4 Å². The molecule has 0 bridgehead atoms. The Morgan fingerprint density at radius 3 is 2.64 bits per heavy atom. The molecule has 0 radical (unpaired) electrons. The number of nitrogens with zero attached hydrogens (tertiary/aromatic N) is 1. The lowest BCUT2D eigenvalue weighted by atomic mass is 10.2. The maximum atomic E-state index is 10.3. The van der Waals surface area contributed by atoms with Gasteiger partial charge in [0.2, 0.25) is 5.76 Å². The average Bonchev–Trinajstić information content (AvgIpc) is 2.30. The summed E-state index contributed by atoms with van der Waals surface area (Å²) in [5.74, 6) is -1.50. The second kappa shape index (κ2) is 2.53. The van der Waals surface area contributed by atoms with Crippen molar-refractivity contribution in [2.75, 3.05) is 0 Å². The lowest BCUT2D eigenvalue weighted by molar-refractivity contribution is 0.0650. The Balaban J connectivity index is 3.20. The molecule has 0 aliphatic rings. The maximum absolute atomic E-state index is 10.3. The molecule has 1 aromatic rings. The van der Waals surface area contributed by atoms with Crippen LogP contribution >= 0.6 is 0 Å². The van der Waals surface area contributed by atoms with Crippen LogP contribution in [0, 0.1) is 6.92 Å². The number of hydrogen-bond acceptors (Lipinski definition) is 4. The van der Waals surface area contributed by atoms with E-state index in [-0.39, 0.29) is 17.0 Å². The molecule has 5 heteroatoms. The Labute approximate surface area is 61.6 Å². The monoisotopic (exact) mass is 155 g/mol. The Bertz CT molecular complexity index is 302. The number of carboxylic acid groups (broad SMARTS) is 1. The maximum Gasteiger partial charge on any atom is 0.375 e. The highest BCUT2D eigenvalue weighted by Crippen LogP contribution is 2.10. The number of rotatable bonds is 2. The van der Waals surface area contributed by atoms with Gasteiger partial charge in [-0.15, -0.1) is 0 Å². The van der Waals surface area contributed by atoms with Crippen LogP contribution in [-0.2, 0) is 0 Å². The lowest BCUT2D eigenvalue weighted by Crippen LogP contribution is -1.96. The first-order valence-electron chi connectivity index (χ1n) is 2.81. The van der Waals surface area contributed by atoms with Crippen LogP contribution in [0.4, 0.5) is 0 Å². The third-order valence-electron chi connectivity index (χ3n) is 1.27. The molecule has 0 spiro atoms. The smallest absolute Gasteiger partial charge is 0.375 e. The molecule has 0 unspecified atom stereocenters. The minimum atomic E-state index is -1.22. The summed E-state index contributed by atoms with van der Waals surface area (Å²) in [5, 5.41) is 11.7. The summed E-state index contributed by atoms with van der Waals surface area (Å²) in [5.41, 5.74) is 0.287. The molecule has 0 amide bonds. The fourth-order valence-electron chi connectivity index (χ4n) is 0.657. The Hall–Kier alpha value is -1.65. The standard InChI is InChI=1S/C6H5NO4/c1-3-4(2-8)7-11-5(3)6(9)10/h2H,1H3,(H,9,10). The van der Waals surface area contributed by atoms with Crippen LogP contribution in [0.2, 0.25) is 0 Å². The molecule has 0 aliphatic heterocycles. The van der Waals surface area contributed by atoms with Gasteiger partial charge in [-0.05, 0) is 6.92 Å². The normalized spacial score (nSPS) is 9.55. The van der Waals surface area contributed by atoms with Gasteiger partial charge >= 0.3 is 5.97 Å². The van der Waals surface area contributed by atoms with E-state index in [0.29, 0.717) is 6.29 Å². The van der Waals surface area contributed by atoms with Gasteiger partial charge in [-0.2, -0.15) is 0 Å². The van der Waals surface area contributed by atoms with Crippen molar-refractivity contribution in [1.29, 1.82) is 0 Å². The summed E-state index contributed by atoms with van der Waals surface area (Å²) in [6.07, 6.45) is 0.450. The van der Waals surface area contributed by atoms with Gasteiger partial charge in [0.05, 0.1) is 0 Å². The fourth-order valence-corrected chi connectivity index (χ4v) is 0.657. The minimum Gasteiger partial charge on any atom is -0.475 e. The third-order valence-corrected chi connectivity index (χ3v) is 1.27. The van der Waals surface area contributed by atoms with Crippen LogP contribution in [0.3, 0.4) is 0 Å². The number of carbonyl (C=O) groups is 2. The predicted octanol–water partition coefficient (Wildman–Crippen LogP) is 0.494. The molecule has 0 saturated carbocycles. The average molecular weight is 155 g/mol. The van der Waals surface area contributed by atoms with Crippen LogP contribution in [0.25, 0.3) is 0 Å². The summed E-state index contributed by atoms with van der Waals surface area (Å²) in [4.78, 5) is 20.4. The number of carbonyl (C=O) groups excluding carboxylic acids is 1. The first kappa shape index (κ1) is 7.46. The number of hydrogen-bond donors (Lipinski definition) is 1. The van der Waals surface area contributed by atoms with Crippen molar-refractivity contribution in [2.24, 2.45) is 0 Å². The van der Waals surface area contributed by atoms with Crippen molar-refractivity contribution >= 4 is 12.3 Å². The highest BCUT2D eigenvalue weighted by Gasteiger charge is 2.16. The van der Waals surface area contributed by atoms with Gasteiger partial charge < -0.3 is 9.63 Å². The van der Waals surface area contributed by atoms with Gasteiger partial charge in [-0.1, -0.05) is 5.16 Å². The van der Waals surface area contributed by atoms with E-state index in [4.69, 9.17) is 5.11 Å². The largest absolute Gasteiger partial charge is 0.475 e. The summed E-state index contributed by atoms with van der Waals surface area (Å²) < 4.78 is 4.37. The Morgan fingerprint density at radius 2 is 2.36 bits per heavy atom. The zero-order valence-corrected chi connectivity index (χ0v) is 5.70. The lowest BCUT2D eigenvalue weighted by Gasteiger charge is -1.84. The summed E-state index contributed by atoms with van der Waals surface area (Å²) in [7, 11) is 0. The van der Waals surface area contributed by atoms with Crippen molar-refractivity contribution in [1.82, 2.24) is 5.16 Å². The minimum absolute atomic E-state index is 0.0300. The van der Waals surface area contributed by atoms with E-state index in [1.165, 1.54) is 6.92 Å². The first-order valence-corrected chi connectivity index (χ1v) is 2.81. The van der Waals surface area contributed by atoms with Gasteiger partial charge in [0.1, 0.15) is 5.69 Å². The number of aldehydes is 1. The van der Waals surface area contributed by atoms with E-state index in [0.717, 1.165) is 0 Å². The van der Waals surface area contributed by atoms with Crippen molar-refractivity contribution in [3.63, 3.8) is 0 Å². The Morgan fingerprint density at radius 1 is 1.73 bits per heavy atom. The predicted molar refractivity (Wildman–Crippen MR) is 33.6 cm³/mol. The van der Waals surface area contributed by atoms with Crippen LogP contribution in [0.15, 0.2) is 4.52 Å². The molecule has 1 aromatic heterocycles. The summed E-state index contributed by atoms with van der Waals surface area (Å²) in [6, 6.07) is 0. The van der Waals surface area contributed by atoms with E-state index in [9.17, 15) is 9.59 Å². The molecular formula is C6H5NO4. The zero-order valence-electron chi connectivity index (χ0n) is 5.70. The zero-order chi connectivity index (χ0) is 8.43. The van der Waals surface area contributed by atoms with Crippen molar-refractivity contribution in [3.8, 4) is 0 Å². The number of aromatic carboxylic acids is 1. The fraction of sp³-hybridized carbons (Fsp3) is 0.167. The van der Waals surface area contributed by atoms with E-state index < -0.39 is 5.97 Å². The van der Waals surface area contributed by atoms with E-state index in [1.54, 1.807) is 0 Å². The highest BCUT2D eigenvalue weighted by atomic mass is 16.5. The van der Waals surface area contributed by atoms with Crippen molar-refractivity contribution in [3.05, 3.63) is 17.0 Å². The third kappa shape index (κ3) is 1.12.